The number of aromatic nitrogens is 2. The maximum Gasteiger partial charge on any atom is 0.272 e. The fourth-order valence-corrected chi connectivity index (χ4v) is 2.91. The summed E-state index contributed by atoms with van der Waals surface area (Å²) in [6.07, 6.45) is 0. The average Bonchev–Trinajstić information content (AvgIpc) is 2.66. The van der Waals surface area contributed by atoms with Gasteiger partial charge >= 0.3 is 0 Å². The van der Waals surface area contributed by atoms with Crippen molar-refractivity contribution in [3.8, 4) is 0 Å². The van der Waals surface area contributed by atoms with Gasteiger partial charge in [0, 0.05) is 32.2 Å². The zero-order chi connectivity index (χ0) is 17.6. The Morgan fingerprint density at radius 3 is 2.60 bits per heavy atom. The lowest BCUT2D eigenvalue weighted by Gasteiger charge is -2.27. The minimum atomic E-state index is -0.0502. The van der Waals surface area contributed by atoms with Crippen molar-refractivity contribution in [1.82, 2.24) is 14.9 Å². The number of carbonyl (C=O) groups excluding carboxylic acids is 1. The van der Waals surface area contributed by atoms with Gasteiger partial charge < -0.3 is 14.5 Å². The molecular weight excluding hydrogens is 316 g/mol. The molecular formula is C19H24N4O2. The van der Waals surface area contributed by atoms with Crippen LogP contribution >= 0.6 is 0 Å². The maximum atomic E-state index is 12.7. The summed E-state index contributed by atoms with van der Waals surface area (Å²) in [6.45, 7) is 7.85. The van der Waals surface area contributed by atoms with Crippen LogP contribution in [0.25, 0.3) is 0 Å². The van der Waals surface area contributed by atoms with Gasteiger partial charge in [-0.1, -0.05) is 30.3 Å². The van der Waals surface area contributed by atoms with Gasteiger partial charge in [0.05, 0.1) is 13.2 Å². The number of hydrogen-bond acceptors (Lipinski definition) is 5. The van der Waals surface area contributed by atoms with Crippen LogP contribution < -0.4 is 4.90 Å². The standard InChI is InChI=1S/C19H24N4O2/c1-3-22(14-16-7-5-4-6-8-16)18-13-17(20-15(2)21-18)19(24)23-9-11-25-12-10-23/h4-8,13H,3,9-12,14H2,1-2H3. The van der Waals surface area contributed by atoms with Crippen molar-refractivity contribution in [2.45, 2.75) is 20.4 Å². The van der Waals surface area contributed by atoms with Gasteiger partial charge in [0.2, 0.25) is 0 Å². The predicted molar refractivity (Wildman–Crippen MR) is 96.7 cm³/mol. The molecule has 0 aliphatic carbocycles. The Bertz CT molecular complexity index is 715. The van der Waals surface area contributed by atoms with E-state index in [4.69, 9.17) is 4.74 Å². The van der Waals surface area contributed by atoms with Crippen LogP contribution in [0.5, 0.6) is 0 Å². The number of benzene rings is 1. The second-order valence-corrected chi connectivity index (χ2v) is 6.06. The molecule has 3 rings (SSSR count). The summed E-state index contributed by atoms with van der Waals surface area (Å²) in [5, 5.41) is 0. The molecule has 0 saturated carbocycles. The molecule has 1 aromatic carbocycles. The van der Waals surface area contributed by atoms with E-state index in [2.05, 4.69) is 33.9 Å². The van der Waals surface area contributed by atoms with Gasteiger partial charge in [0.25, 0.3) is 5.91 Å². The third kappa shape index (κ3) is 4.33. The second kappa shape index (κ2) is 8.07. The molecule has 0 atom stereocenters. The lowest BCUT2D eigenvalue weighted by Crippen LogP contribution is -2.41. The number of aryl methyl sites for hydroxylation is 1. The Labute approximate surface area is 148 Å². The Morgan fingerprint density at radius 2 is 1.92 bits per heavy atom. The largest absolute Gasteiger partial charge is 0.378 e. The Kier molecular flexibility index (Phi) is 5.60. The van der Waals surface area contributed by atoms with E-state index in [0.29, 0.717) is 37.8 Å². The first-order valence-corrected chi connectivity index (χ1v) is 8.69. The Balaban J connectivity index is 1.83. The number of hydrogen-bond donors (Lipinski definition) is 0. The Hall–Kier alpha value is -2.47. The van der Waals surface area contributed by atoms with Crippen LogP contribution in [-0.4, -0.2) is 53.6 Å². The monoisotopic (exact) mass is 340 g/mol. The van der Waals surface area contributed by atoms with Gasteiger partial charge in [-0.3, -0.25) is 4.79 Å². The highest BCUT2D eigenvalue weighted by Crippen LogP contribution is 2.17. The molecule has 0 radical (unpaired) electrons. The first-order valence-electron chi connectivity index (χ1n) is 8.69. The number of amides is 1. The van der Waals surface area contributed by atoms with Gasteiger partial charge in [0.15, 0.2) is 0 Å². The van der Waals surface area contributed by atoms with E-state index in [1.54, 1.807) is 11.0 Å². The first-order chi connectivity index (χ1) is 12.2. The second-order valence-electron chi connectivity index (χ2n) is 6.06. The quantitative estimate of drug-likeness (QED) is 0.836. The van der Waals surface area contributed by atoms with Crippen LogP contribution in [0.3, 0.4) is 0 Å². The molecule has 132 valence electrons. The van der Waals surface area contributed by atoms with Crippen molar-refractivity contribution in [2.24, 2.45) is 0 Å². The van der Waals surface area contributed by atoms with E-state index in [1.807, 2.05) is 25.1 Å². The lowest BCUT2D eigenvalue weighted by molar-refractivity contribution is 0.0299. The van der Waals surface area contributed by atoms with Crippen LogP contribution in [0, 0.1) is 6.92 Å². The highest BCUT2D eigenvalue weighted by molar-refractivity contribution is 5.93. The van der Waals surface area contributed by atoms with Crippen molar-refractivity contribution < 1.29 is 9.53 Å². The zero-order valence-corrected chi connectivity index (χ0v) is 14.8. The molecule has 1 aliphatic rings. The molecule has 25 heavy (non-hydrogen) atoms. The predicted octanol–water partition coefficient (Wildman–Crippen LogP) is 2.28. The smallest absolute Gasteiger partial charge is 0.272 e. The van der Waals surface area contributed by atoms with Crippen molar-refractivity contribution in [1.29, 1.82) is 0 Å². The van der Waals surface area contributed by atoms with Crippen molar-refractivity contribution in [2.75, 3.05) is 37.7 Å². The summed E-state index contributed by atoms with van der Waals surface area (Å²) in [4.78, 5) is 25.6. The number of carbonyl (C=O) groups is 1. The van der Waals surface area contributed by atoms with E-state index < -0.39 is 0 Å². The SMILES string of the molecule is CCN(Cc1ccccc1)c1cc(C(=O)N2CCOCC2)nc(C)n1. The number of morpholine rings is 1. The minimum absolute atomic E-state index is 0.0502. The first kappa shape index (κ1) is 17.4. The highest BCUT2D eigenvalue weighted by Gasteiger charge is 2.21. The van der Waals surface area contributed by atoms with Gasteiger partial charge in [-0.05, 0) is 19.4 Å². The van der Waals surface area contributed by atoms with Gasteiger partial charge in [-0.2, -0.15) is 0 Å². The van der Waals surface area contributed by atoms with Crippen LogP contribution in [0.15, 0.2) is 36.4 Å². The summed E-state index contributed by atoms with van der Waals surface area (Å²) < 4.78 is 5.32. The third-order valence-electron chi connectivity index (χ3n) is 4.26. The summed E-state index contributed by atoms with van der Waals surface area (Å²) in [5.74, 6) is 1.35. The van der Waals surface area contributed by atoms with E-state index in [0.717, 1.165) is 18.9 Å². The number of ether oxygens (including phenoxy) is 1. The molecule has 1 aliphatic heterocycles. The normalized spacial score (nSPS) is 14.4. The highest BCUT2D eigenvalue weighted by atomic mass is 16.5. The summed E-state index contributed by atoms with van der Waals surface area (Å²) in [6, 6.07) is 12.1. The van der Waals surface area contributed by atoms with Gasteiger partial charge in [0.1, 0.15) is 17.3 Å². The molecule has 0 spiro atoms. The Morgan fingerprint density at radius 1 is 1.20 bits per heavy atom. The number of rotatable bonds is 5. The molecule has 0 unspecified atom stereocenters. The topological polar surface area (TPSA) is 58.6 Å². The van der Waals surface area contributed by atoms with Crippen molar-refractivity contribution in [3.63, 3.8) is 0 Å². The molecule has 0 N–H and O–H groups in total. The maximum absolute atomic E-state index is 12.7. The van der Waals surface area contributed by atoms with Crippen LogP contribution in [0.2, 0.25) is 0 Å². The molecule has 6 nitrogen and oxygen atoms in total. The molecule has 1 fully saturated rings. The van der Waals surface area contributed by atoms with E-state index in [9.17, 15) is 4.79 Å². The van der Waals surface area contributed by atoms with E-state index in [-0.39, 0.29) is 5.91 Å². The van der Waals surface area contributed by atoms with Crippen LogP contribution in [0.4, 0.5) is 5.82 Å². The summed E-state index contributed by atoms with van der Waals surface area (Å²) in [5.41, 5.74) is 1.66. The lowest BCUT2D eigenvalue weighted by atomic mass is 10.2. The zero-order valence-electron chi connectivity index (χ0n) is 14.8. The molecule has 6 heteroatoms. The van der Waals surface area contributed by atoms with Crippen molar-refractivity contribution in [3.05, 3.63) is 53.5 Å². The third-order valence-corrected chi connectivity index (χ3v) is 4.26. The molecule has 2 aromatic rings. The van der Waals surface area contributed by atoms with Crippen LogP contribution in [-0.2, 0) is 11.3 Å². The van der Waals surface area contributed by atoms with E-state index >= 15 is 0 Å². The molecule has 1 aromatic heterocycles. The number of nitrogens with zero attached hydrogens (tertiary/aromatic N) is 4. The van der Waals surface area contributed by atoms with Gasteiger partial charge in [-0.25, -0.2) is 9.97 Å². The summed E-state index contributed by atoms with van der Waals surface area (Å²) in [7, 11) is 0. The fraction of sp³-hybridized carbons (Fsp3) is 0.421. The summed E-state index contributed by atoms with van der Waals surface area (Å²) >= 11 is 0. The number of anilines is 1. The fourth-order valence-electron chi connectivity index (χ4n) is 2.91. The minimum Gasteiger partial charge on any atom is -0.378 e. The molecule has 1 saturated heterocycles. The van der Waals surface area contributed by atoms with Gasteiger partial charge in [-0.15, -0.1) is 0 Å². The van der Waals surface area contributed by atoms with Crippen LogP contribution in [0.1, 0.15) is 28.8 Å². The van der Waals surface area contributed by atoms with Crippen molar-refractivity contribution >= 4 is 11.7 Å². The average molecular weight is 340 g/mol. The molecule has 1 amide bonds. The molecule has 2 heterocycles. The van der Waals surface area contributed by atoms with E-state index in [1.165, 1.54) is 5.56 Å². The molecule has 0 bridgehead atoms.